The molecule has 8 heteroatoms. The van der Waals surface area contributed by atoms with Crippen molar-refractivity contribution in [3.63, 3.8) is 0 Å². The van der Waals surface area contributed by atoms with Gasteiger partial charge in [-0.1, -0.05) is 30.3 Å². The lowest BCUT2D eigenvalue weighted by atomic mass is 9.81. The summed E-state index contributed by atoms with van der Waals surface area (Å²) >= 11 is 0. The minimum Gasteiger partial charge on any atom is -0.378 e. The van der Waals surface area contributed by atoms with E-state index in [1.165, 1.54) is 6.92 Å². The highest BCUT2D eigenvalue weighted by atomic mass is 19.2. The average Bonchev–Trinajstić information content (AvgIpc) is 2.73. The van der Waals surface area contributed by atoms with Gasteiger partial charge in [0.25, 0.3) is 0 Å². The third kappa shape index (κ3) is 4.06. The van der Waals surface area contributed by atoms with Gasteiger partial charge < -0.3 is 9.84 Å². The van der Waals surface area contributed by atoms with Gasteiger partial charge in [0.05, 0.1) is 12.7 Å². The normalized spacial score (nSPS) is 12.8. The van der Waals surface area contributed by atoms with Crippen LogP contribution in [0.25, 0.3) is 0 Å². The zero-order valence-electron chi connectivity index (χ0n) is 15.6. The zero-order chi connectivity index (χ0) is 22.1. The zero-order valence-corrected chi connectivity index (χ0v) is 15.6. The molecule has 3 aromatic rings. The summed E-state index contributed by atoms with van der Waals surface area (Å²) in [5.74, 6) is -10.1. The van der Waals surface area contributed by atoms with Gasteiger partial charge in [-0.25, -0.2) is 26.3 Å². The van der Waals surface area contributed by atoms with Gasteiger partial charge in [0.1, 0.15) is 5.60 Å². The lowest BCUT2D eigenvalue weighted by Gasteiger charge is -2.35. The molecule has 0 saturated carbocycles. The maximum atomic E-state index is 13.8. The SMILES string of the molecule is C[C@H](OCc1ccccc1)C(O)(c1cc(F)c(F)c(F)c1)c1cc(F)c(F)c(F)c1. The second kappa shape index (κ2) is 8.49. The molecule has 0 aromatic heterocycles. The first-order chi connectivity index (χ1) is 14.1. The van der Waals surface area contributed by atoms with Crippen LogP contribution < -0.4 is 0 Å². The van der Waals surface area contributed by atoms with Crippen LogP contribution in [-0.2, 0) is 16.9 Å². The molecule has 30 heavy (non-hydrogen) atoms. The van der Waals surface area contributed by atoms with Crippen LogP contribution in [0.4, 0.5) is 26.3 Å². The van der Waals surface area contributed by atoms with Crippen LogP contribution in [0.2, 0.25) is 0 Å². The monoisotopic (exact) mass is 426 g/mol. The van der Waals surface area contributed by atoms with Gasteiger partial charge in [-0.15, -0.1) is 0 Å². The topological polar surface area (TPSA) is 29.5 Å². The molecule has 1 N–H and O–H groups in total. The fraction of sp³-hybridized carbons (Fsp3) is 0.182. The Balaban J connectivity index is 2.11. The van der Waals surface area contributed by atoms with E-state index >= 15 is 0 Å². The van der Waals surface area contributed by atoms with Crippen molar-refractivity contribution < 1.29 is 36.2 Å². The summed E-state index contributed by atoms with van der Waals surface area (Å²) in [6, 6.07) is 10.6. The van der Waals surface area contributed by atoms with E-state index < -0.39 is 57.7 Å². The summed E-state index contributed by atoms with van der Waals surface area (Å²) in [7, 11) is 0. The summed E-state index contributed by atoms with van der Waals surface area (Å²) < 4.78 is 87.8. The van der Waals surface area contributed by atoms with Crippen molar-refractivity contribution >= 4 is 0 Å². The summed E-state index contributed by atoms with van der Waals surface area (Å²) in [5, 5.41) is 11.3. The summed E-state index contributed by atoms with van der Waals surface area (Å²) in [6.45, 7) is 1.23. The number of rotatable bonds is 6. The first-order valence-electron chi connectivity index (χ1n) is 8.82. The molecule has 0 aliphatic rings. The van der Waals surface area contributed by atoms with Crippen LogP contribution in [0.1, 0.15) is 23.6 Å². The van der Waals surface area contributed by atoms with Gasteiger partial charge in [0.15, 0.2) is 34.9 Å². The van der Waals surface area contributed by atoms with Gasteiger partial charge in [-0.3, -0.25) is 0 Å². The molecule has 0 aliphatic heterocycles. The number of hydrogen-bond acceptors (Lipinski definition) is 2. The number of halogens is 6. The fourth-order valence-electron chi connectivity index (χ4n) is 3.10. The molecule has 0 fully saturated rings. The maximum Gasteiger partial charge on any atom is 0.194 e. The standard InChI is InChI=1S/C22H16F6O2/c1-12(30-11-13-5-3-2-4-6-13)22(29,14-7-16(23)20(27)17(24)8-14)15-9-18(25)21(28)19(26)10-15/h2-10,12,29H,11H2,1H3/t12-/m0/s1. The molecular weight excluding hydrogens is 410 g/mol. The molecular formula is C22H16F6O2. The van der Waals surface area contributed by atoms with E-state index in [9.17, 15) is 31.4 Å². The van der Waals surface area contributed by atoms with Gasteiger partial charge in [0, 0.05) is 0 Å². The van der Waals surface area contributed by atoms with Crippen LogP contribution in [0.5, 0.6) is 0 Å². The van der Waals surface area contributed by atoms with Crippen molar-refractivity contribution in [1.29, 1.82) is 0 Å². The van der Waals surface area contributed by atoms with Gasteiger partial charge in [-0.2, -0.15) is 0 Å². The third-order valence-electron chi connectivity index (χ3n) is 4.78. The number of aliphatic hydroxyl groups is 1. The number of hydrogen-bond donors (Lipinski definition) is 1. The van der Waals surface area contributed by atoms with Gasteiger partial charge in [-0.05, 0) is 47.9 Å². The molecule has 3 rings (SSSR count). The van der Waals surface area contributed by atoms with E-state index in [1.807, 2.05) is 0 Å². The molecule has 0 spiro atoms. The number of benzene rings is 3. The van der Waals surface area contributed by atoms with Crippen molar-refractivity contribution in [1.82, 2.24) is 0 Å². The van der Waals surface area contributed by atoms with Crippen molar-refractivity contribution in [3.8, 4) is 0 Å². The summed E-state index contributed by atoms with van der Waals surface area (Å²) in [4.78, 5) is 0. The summed E-state index contributed by atoms with van der Waals surface area (Å²) in [5.41, 5.74) is -2.99. The Kier molecular flexibility index (Phi) is 6.19. The highest BCUT2D eigenvalue weighted by Crippen LogP contribution is 2.37. The van der Waals surface area contributed by atoms with Crippen LogP contribution in [0, 0.1) is 34.9 Å². The van der Waals surface area contributed by atoms with Crippen LogP contribution >= 0.6 is 0 Å². The lowest BCUT2D eigenvalue weighted by molar-refractivity contribution is -0.0877. The second-order valence-electron chi connectivity index (χ2n) is 6.71. The molecule has 0 bridgehead atoms. The maximum absolute atomic E-state index is 13.8. The van der Waals surface area contributed by atoms with Crippen molar-refractivity contribution in [2.24, 2.45) is 0 Å². The van der Waals surface area contributed by atoms with Crippen molar-refractivity contribution in [2.45, 2.75) is 25.2 Å². The third-order valence-corrected chi connectivity index (χ3v) is 4.78. The molecule has 1 atom stereocenters. The Morgan fingerprint density at radius 2 is 1.17 bits per heavy atom. The minimum atomic E-state index is -2.54. The van der Waals surface area contributed by atoms with E-state index in [4.69, 9.17) is 4.74 Å². The molecule has 2 nitrogen and oxygen atoms in total. The van der Waals surface area contributed by atoms with Gasteiger partial charge >= 0.3 is 0 Å². The molecule has 0 radical (unpaired) electrons. The molecule has 3 aromatic carbocycles. The predicted octanol–water partition coefficient (Wildman–Crippen LogP) is 5.36. The Morgan fingerprint density at radius 3 is 1.57 bits per heavy atom. The molecule has 0 saturated heterocycles. The molecule has 0 aliphatic carbocycles. The van der Waals surface area contributed by atoms with E-state index in [1.54, 1.807) is 30.3 Å². The first kappa shape index (κ1) is 21.9. The Morgan fingerprint density at radius 1 is 0.767 bits per heavy atom. The average molecular weight is 426 g/mol. The molecule has 0 amide bonds. The highest BCUT2D eigenvalue weighted by Gasteiger charge is 2.41. The van der Waals surface area contributed by atoms with Gasteiger partial charge in [0.2, 0.25) is 0 Å². The summed E-state index contributed by atoms with van der Waals surface area (Å²) in [6.07, 6.45) is -1.34. The first-order valence-corrected chi connectivity index (χ1v) is 8.82. The Labute approximate surface area is 168 Å². The van der Waals surface area contributed by atoms with Crippen LogP contribution in [-0.4, -0.2) is 11.2 Å². The molecule has 0 unspecified atom stereocenters. The Bertz CT molecular complexity index is 951. The fourth-order valence-corrected chi connectivity index (χ4v) is 3.10. The van der Waals surface area contributed by atoms with Crippen LogP contribution in [0.3, 0.4) is 0 Å². The second-order valence-corrected chi connectivity index (χ2v) is 6.71. The van der Waals surface area contributed by atoms with E-state index in [0.29, 0.717) is 29.8 Å². The highest BCUT2D eigenvalue weighted by molar-refractivity contribution is 5.39. The van der Waals surface area contributed by atoms with E-state index in [2.05, 4.69) is 0 Å². The van der Waals surface area contributed by atoms with E-state index in [-0.39, 0.29) is 6.61 Å². The smallest absolute Gasteiger partial charge is 0.194 e. The largest absolute Gasteiger partial charge is 0.378 e. The van der Waals surface area contributed by atoms with Crippen molar-refractivity contribution in [2.75, 3.05) is 0 Å². The number of ether oxygens (including phenoxy) is 1. The van der Waals surface area contributed by atoms with Crippen molar-refractivity contribution in [3.05, 3.63) is 106 Å². The molecule has 0 heterocycles. The quantitative estimate of drug-likeness (QED) is 0.425. The Hall–Kier alpha value is -2.84. The van der Waals surface area contributed by atoms with Crippen LogP contribution in [0.15, 0.2) is 54.6 Å². The lowest BCUT2D eigenvalue weighted by Crippen LogP contribution is -2.41. The minimum absolute atomic E-state index is 0.0668. The van der Waals surface area contributed by atoms with E-state index in [0.717, 1.165) is 0 Å². The molecule has 158 valence electrons. The predicted molar refractivity (Wildman–Crippen MR) is 96.3 cm³/mol.